The number of carbonyl (C=O) groups excluding carboxylic acids is 2. The Hall–Kier alpha value is -2.71. The van der Waals surface area contributed by atoms with Gasteiger partial charge in [-0.2, -0.15) is 4.31 Å². The molecule has 0 saturated carbocycles. The molecule has 2 aromatic rings. The lowest BCUT2D eigenvalue weighted by Crippen LogP contribution is -2.37. The number of esters is 1. The Labute approximate surface area is 196 Å². The van der Waals surface area contributed by atoms with Crippen LogP contribution in [0.15, 0.2) is 59.5 Å². The van der Waals surface area contributed by atoms with Crippen molar-refractivity contribution in [2.75, 3.05) is 13.1 Å². The number of sulfonamides is 1. The molecule has 1 saturated heterocycles. The molecule has 33 heavy (non-hydrogen) atoms. The highest BCUT2D eigenvalue weighted by atomic mass is 32.2. The molecule has 1 aliphatic rings. The predicted octanol–water partition coefficient (Wildman–Crippen LogP) is 3.43. The largest absolute Gasteiger partial charge is 0.452 e. The third-order valence-electron chi connectivity index (χ3n) is 5.74. The molecule has 3 rings (SSSR count). The summed E-state index contributed by atoms with van der Waals surface area (Å²) in [4.78, 5) is 24.9. The first-order valence-corrected chi connectivity index (χ1v) is 12.9. The summed E-state index contributed by atoms with van der Waals surface area (Å²) in [5.41, 5.74) is 1.81. The summed E-state index contributed by atoms with van der Waals surface area (Å²) in [6, 6.07) is 16.2. The second kappa shape index (κ2) is 12.0. The first-order chi connectivity index (χ1) is 15.9. The summed E-state index contributed by atoms with van der Waals surface area (Å²) in [5.74, 6) is -0.774. The summed E-state index contributed by atoms with van der Waals surface area (Å²) in [7, 11) is -3.47. The zero-order chi connectivity index (χ0) is 23.7. The number of nitrogens with zero attached hydrogens (tertiary/aromatic N) is 1. The van der Waals surface area contributed by atoms with Crippen LogP contribution in [0.4, 0.5) is 0 Å². The third-order valence-corrected chi connectivity index (χ3v) is 7.65. The van der Waals surface area contributed by atoms with Gasteiger partial charge in [-0.3, -0.25) is 9.59 Å². The Morgan fingerprint density at radius 1 is 0.970 bits per heavy atom. The van der Waals surface area contributed by atoms with E-state index in [1.165, 1.54) is 4.31 Å². The summed E-state index contributed by atoms with van der Waals surface area (Å²) < 4.78 is 32.4. The first kappa shape index (κ1) is 24.9. The van der Waals surface area contributed by atoms with Gasteiger partial charge in [0.2, 0.25) is 10.0 Å². The van der Waals surface area contributed by atoms with Crippen molar-refractivity contribution >= 4 is 21.9 Å². The fourth-order valence-corrected chi connectivity index (χ4v) is 5.28. The maximum atomic E-state index is 12.7. The van der Waals surface area contributed by atoms with Gasteiger partial charge >= 0.3 is 5.97 Å². The van der Waals surface area contributed by atoms with Gasteiger partial charge in [0.05, 0.1) is 4.90 Å². The zero-order valence-electron chi connectivity index (χ0n) is 19.0. The van der Waals surface area contributed by atoms with Crippen molar-refractivity contribution < 1.29 is 22.7 Å². The molecule has 0 bridgehead atoms. The number of hydrogen-bond acceptors (Lipinski definition) is 5. The lowest BCUT2D eigenvalue weighted by molar-refractivity contribution is -0.156. The molecule has 1 unspecified atom stereocenters. The van der Waals surface area contributed by atoms with E-state index in [0.29, 0.717) is 32.5 Å². The predicted molar refractivity (Wildman–Crippen MR) is 126 cm³/mol. The van der Waals surface area contributed by atoms with E-state index in [4.69, 9.17) is 4.74 Å². The van der Waals surface area contributed by atoms with Crippen LogP contribution >= 0.6 is 0 Å². The number of piperidine rings is 1. The van der Waals surface area contributed by atoms with Crippen LogP contribution in [-0.4, -0.2) is 43.8 Å². The maximum Gasteiger partial charge on any atom is 0.306 e. The van der Waals surface area contributed by atoms with Crippen LogP contribution < -0.4 is 5.32 Å². The topological polar surface area (TPSA) is 92.8 Å². The number of carbonyl (C=O) groups is 2. The van der Waals surface area contributed by atoms with E-state index >= 15 is 0 Å². The SMILES string of the molecule is CCC(OC(=O)CCc1ccc(S(=O)(=O)N2CCCCC2)cc1)C(=O)NCc1ccccc1. The van der Waals surface area contributed by atoms with Crippen LogP contribution in [0.2, 0.25) is 0 Å². The summed E-state index contributed by atoms with van der Waals surface area (Å²) >= 11 is 0. The number of amides is 1. The molecule has 1 N–H and O–H groups in total. The Morgan fingerprint density at radius 3 is 2.27 bits per heavy atom. The minimum atomic E-state index is -3.47. The summed E-state index contributed by atoms with van der Waals surface area (Å²) in [6.07, 6.45) is 2.92. The highest BCUT2D eigenvalue weighted by Gasteiger charge is 2.26. The number of hydrogen-bond donors (Lipinski definition) is 1. The minimum Gasteiger partial charge on any atom is -0.452 e. The van der Waals surface area contributed by atoms with Crippen molar-refractivity contribution in [2.24, 2.45) is 0 Å². The van der Waals surface area contributed by atoms with Gasteiger partial charge in [0, 0.05) is 26.1 Å². The van der Waals surface area contributed by atoms with Crippen molar-refractivity contribution in [3.05, 3.63) is 65.7 Å². The van der Waals surface area contributed by atoms with Crippen LogP contribution in [0.1, 0.15) is 50.2 Å². The molecule has 1 aliphatic heterocycles. The monoisotopic (exact) mass is 472 g/mol. The number of ether oxygens (including phenoxy) is 1. The quantitative estimate of drug-likeness (QED) is 0.535. The Balaban J connectivity index is 1.47. The standard InChI is InChI=1S/C25H32N2O5S/c1-2-23(25(29)26-19-21-9-5-3-6-10-21)32-24(28)16-13-20-11-14-22(15-12-20)33(30,31)27-17-7-4-8-18-27/h3,5-6,9-12,14-15,23H,2,4,7-8,13,16-19H2,1H3,(H,26,29). The van der Waals surface area contributed by atoms with E-state index in [2.05, 4.69) is 5.32 Å². The van der Waals surface area contributed by atoms with Gasteiger partial charge in [-0.15, -0.1) is 0 Å². The molecule has 178 valence electrons. The van der Waals surface area contributed by atoms with Crippen LogP contribution in [0.25, 0.3) is 0 Å². The number of rotatable bonds is 10. The van der Waals surface area contributed by atoms with Gasteiger partial charge in [-0.25, -0.2) is 8.42 Å². The fourth-order valence-electron chi connectivity index (χ4n) is 3.77. The van der Waals surface area contributed by atoms with Crippen molar-refractivity contribution in [3.63, 3.8) is 0 Å². The van der Waals surface area contributed by atoms with E-state index in [0.717, 1.165) is 30.4 Å². The Bertz CT molecular complexity index is 1020. The highest BCUT2D eigenvalue weighted by Crippen LogP contribution is 2.21. The molecule has 2 aromatic carbocycles. The van der Waals surface area contributed by atoms with Crippen molar-refractivity contribution in [2.45, 2.75) is 63.0 Å². The molecule has 7 nitrogen and oxygen atoms in total. The highest BCUT2D eigenvalue weighted by molar-refractivity contribution is 7.89. The smallest absolute Gasteiger partial charge is 0.306 e. The summed E-state index contributed by atoms with van der Waals surface area (Å²) in [5, 5.41) is 2.80. The minimum absolute atomic E-state index is 0.112. The number of benzene rings is 2. The van der Waals surface area contributed by atoms with Crippen molar-refractivity contribution in [1.82, 2.24) is 9.62 Å². The normalized spacial score (nSPS) is 15.5. The van der Waals surface area contributed by atoms with Gasteiger partial charge < -0.3 is 10.1 Å². The zero-order valence-corrected chi connectivity index (χ0v) is 19.9. The molecule has 1 heterocycles. The number of nitrogens with one attached hydrogen (secondary N) is 1. The van der Waals surface area contributed by atoms with E-state index < -0.39 is 22.1 Å². The van der Waals surface area contributed by atoms with Crippen molar-refractivity contribution in [1.29, 1.82) is 0 Å². The van der Waals surface area contributed by atoms with Crippen molar-refractivity contribution in [3.8, 4) is 0 Å². The van der Waals surface area contributed by atoms with E-state index in [1.807, 2.05) is 30.3 Å². The van der Waals surface area contributed by atoms with Crippen LogP contribution in [0.3, 0.4) is 0 Å². The lowest BCUT2D eigenvalue weighted by atomic mass is 10.1. The van der Waals surface area contributed by atoms with E-state index in [1.54, 1.807) is 31.2 Å². The molecule has 0 aromatic heterocycles. The average Bonchev–Trinajstić information content (AvgIpc) is 2.86. The molecule has 8 heteroatoms. The average molecular weight is 473 g/mol. The molecule has 1 atom stereocenters. The van der Waals surface area contributed by atoms with Gasteiger partial charge in [0.25, 0.3) is 5.91 Å². The molecule has 0 spiro atoms. The molecule has 0 radical (unpaired) electrons. The second-order valence-electron chi connectivity index (χ2n) is 8.20. The van der Waals surface area contributed by atoms with E-state index in [-0.39, 0.29) is 17.2 Å². The third kappa shape index (κ3) is 7.14. The lowest BCUT2D eigenvalue weighted by Gasteiger charge is -2.25. The van der Waals surface area contributed by atoms with Gasteiger partial charge in [-0.1, -0.05) is 55.8 Å². The fraction of sp³-hybridized carbons (Fsp3) is 0.440. The Morgan fingerprint density at radius 2 is 1.64 bits per heavy atom. The van der Waals surface area contributed by atoms with E-state index in [9.17, 15) is 18.0 Å². The van der Waals surface area contributed by atoms with Gasteiger partial charge in [0.1, 0.15) is 0 Å². The van der Waals surface area contributed by atoms with Gasteiger partial charge in [-0.05, 0) is 48.9 Å². The van der Waals surface area contributed by atoms with Crippen LogP contribution in [0, 0.1) is 0 Å². The molecule has 1 fully saturated rings. The Kier molecular flexibility index (Phi) is 9.03. The number of aryl methyl sites for hydroxylation is 1. The molecular weight excluding hydrogens is 440 g/mol. The first-order valence-electron chi connectivity index (χ1n) is 11.5. The van der Waals surface area contributed by atoms with Gasteiger partial charge in [0.15, 0.2) is 6.10 Å². The molecule has 1 amide bonds. The molecule has 0 aliphatic carbocycles. The molecular formula is C25H32N2O5S. The maximum absolute atomic E-state index is 12.7. The van der Waals surface area contributed by atoms with Crippen LogP contribution in [0.5, 0.6) is 0 Å². The summed E-state index contributed by atoms with van der Waals surface area (Å²) in [6.45, 7) is 3.29. The van der Waals surface area contributed by atoms with Crippen LogP contribution in [-0.2, 0) is 37.3 Å². The second-order valence-corrected chi connectivity index (χ2v) is 10.1.